The van der Waals surface area contributed by atoms with Gasteiger partial charge in [-0.3, -0.25) is 28.8 Å². The van der Waals surface area contributed by atoms with E-state index in [1.165, 1.54) is 6.92 Å². The predicted octanol–water partition coefficient (Wildman–Crippen LogP) is 0.759. The van der Waals surface area contributed by atoms with Crippen LogP contribution in [0.2, 0.25) is 0 Å². The van der Waals surface area contributed by atoms with Crippen molar-refractivity contribution in [1.29, 1.82) is 0 Å². The van der Waals surface area contributed by atoms with E-state index in [2.05, 4.69) is 21.3 Å². The van der Waals surface area contributed by atoms with Gasteiger partial charge in [0.05, 0.1) is 12.5 Å². The standard InChI is InChI=1S/C34H45N5O9/c1-21(2)30(39-32(45)28(36-22(3)41)17-23-11-6-4-7-12-23)33(46)38-27(31(44)37-25(19-40)18-29(42)43)16-10-15-26(35)34(47)48-20-24-13-8-5-9-14-24/h4-9,11-14,19,21,25-28,30H,10,15-18,20,35H2,1-3H3,(H,36,41)(H,37,44)(H,38,46)(H,39,45)(H,42,43)/t25?,26?,27-,28-,30-/m0/s1. The van der Waals surface area contributed by atoms with E-state index in [1.54, 1.807) is 62.4 Å². The fourth-order valence-electron chi connectivity index (χ4n) is 4.72. The molecule has 4 amide bonds. The molecule has 14 nitrogen and oxygen atoms in total. The van der Waals surface area contributed by atoms with E-state index in [1.807, 2.05) is 12.1 Å². The molecule has 0 aromatic heterocycles. The maximum absolute atomic E-state index is 13.5. The molecule has 0 spiro atoms. The average molecular weight is 668 g/mol. The Morgan fingerprint density at radius 3 is 1.92 bits per heavy atom. The summed E-state index contributed by atoms with van der Waals surface area (Å²) in [5.41, 5.74) is 7.57. The number of hydrogen-bond acceptors (Lipinski definition) is 9. The van der Waals surface area contributed by atoms with Crippen LogP contribution in [0, 0.1) is 5.92 Å². The lowest BCUT2D eigenvalue weighted by Gasteiger charge is -2.27. The second-order valence-electron chi connectivity index (χ2n) is 11.7. The van der Waals surface area contributed by atoms with Crippen LogP contribution >= 0.6 is 0 Å². The Morgan fingerprint density at radius 2 is 1.38 bits per heavy atom. The number of carboxylic acid groups (broad SMARTS) is 1. The highest BCUT2D eigenvalue weighted by molar-refractivity contribution is 5.95. The Bertz CT molecular complexity index is 1390. The summed E-state index contributed by atoms with van der Waals surface area (Å²) >= 11 is 0. The third-order valence-electron chi connectivity index (χ3n) is 7.28. The van der Waals surface area contributed by atoms with Gasteiger partial charge in [0, 0.05) is 13.3 Å². The summed E-state index contributed by atoms with van der Waals surface area (Å²) < 4.78 is 5.27. The first kappa shape index (κ1) is 39.1. The SMILES string of the molecule is CC(=O)N[C@@H](Cc1ccccc1)C(=O)N[C@H](C(=O)N[C@@H](CCCC(N)C(=O)OCc1ccccc1)C(=O)NC(C=O)CC(=O)O)C(C)C. The second-order valence-corrected chi connectivity index (χ2v) is 11.7. The molecule has 0 radical (unpaired) electrons. The normalized spacial score (nSPS) is 13.9. The number of carbonyl (C=O) groups excluding carboxylic acids is 6. The molecule has 2 aromatic rings. The number of amides is 4. The molecule has 0 saturated heterocycles. The van der Waals surface area contributed by atoms with Gasteiger partial charge < -0.3 is 41.6 Å². The fraction of sp³-hybridized carbons (Fsp3) is 0.441. The molecular weight excluding hydrogens is 622 g/mol. The van der Waals surface area contributed by atoms with Crippen molar-refractivity contribution < 1.29 is 43.4 Å². The molecule has 2 rings (SSSR count). The zero-order valence-electron chi connectivity index (χ0n) is 27.3. The first-order chi connectivity index (χ1) is 22.8. The number of ether oxygens (including phenoxy) is 1. The molecule has 2 aromatic carbocycles. The Kier molecular flexibility index (Phi) is 16.4. The molecular formula is C34H45N5O9. The molecule has 0 saturated carbocycles. The largest absolute Gasteiger partial charge is 0.481 e. The molecule has 5 atom stereocenters. The smallest absolute Gasteiger partial charge is 0.323 e. The molecule has 260 valence electrons. The van der Waals surface area contributed by atoms with E-state index in [9.17, 15) is 33.6 Å². The number of benzene rings is 2. The number of aldehydes is 1. The lowest BCUT2D eigenvalue weighted by atomic mass is 9.99. The number of nitrogens with one attached hydrogen (secondary N) is 4. The lowest BCUT2D eigenvalue weighted by molar-refractivity contribution is -0.146. The first-order valence-corrected chi connectivity index (χ1v) is 15.7. The molecule has 0 bridgehead atoms. The number of hydrogen-bond donors (Lipinski definition) is 6. The van der Waals surface area contributed by atoms with Gasteiger partial charge in [-0.05, 0) is 36.3 Å². The quantitative estimate of drug-likeness (QED) is 0.0859. The van der Waals surface area contributed by atoms with Crippen molar-refractivity contribution in [2.75, 3.05) is 0 Å². The van der Waals surface area contributed by atoms with Crippen LogP contribution < -0.4 is 27.0 Å². The highest BCUT2D eigenvalue weighted by Crippen LogP contribution is 2.11. The van der Waals surface area contributed by atoms with Crippen LogP contribution in [0.3, 0.4) is 0 Å². The number of rotatable bonds is 20. The van der Waals surface area contributed by atoms with Crippen LogP contribution in [-0.4, -0.2) is 77.2 Å². The van der Waals surface area contributed by atoms with Gasteiger partial charge in [0.1, 0.15) is 37.1 Å². The molecule has 0 aliphatic carbocycles. The third-order valence-corrected chi connectivity index (χ3v) is 7.28. The van der Waals surface area contributed by atoms with Crippen LogP contribution in [0.4, 0.5) is 0 Å². The van der Waals surface area contributed by atoms with Crippen molar-refractivity contribution in [1.82, 2.24) is 21.3 Å². The van der Waals surface area contributed by atoms with Crippen LogP contribution in [0.15, 0.2) is 60.7 Å². The van der Waals surface area contributed by atoms with Gasteiger partial charge in [0.15, 0.2) is 0 Å². The summed E-state index contributed by atoms with van der Waals surface area (Å²) in [4.78, 5) is 87.0. The second kappa shape index (κ2) is 20.2. The fourth-order valence-corrected chi connectivity index (χ4v) is 4.72. The van der Waals surface area contributed by atoms with E-state index in [0.717, 1.165) is 11.1 Å². The van der Waals surface area contributed by atoms with Gasteiger partial charge in [-0.25, -0.2) is 0 Å². The molecule has 2 unspecified atom stereocenters. The van der Waals surface area contributed by atoms with Gasteiger partial charge in [-0.15, -0.1) is 0 Å². The monoisotopic (exact) mass is 667 g/mol. The van der Waals surface area contributed by atoms with Crippen LogP contribution in [0.25, 0.3) is 0 Å². The summed E-state index contributed by atoms with van der Waals surface area (Å²) in [6.45, 7) is 4.66. The van der Waals surface area contributed by atoms with E-state index in [0.29, 0.717) is 0 Å². The minimum atomic E-state index is -1.36. The van der Waals surface area contributed by atoms with E-state index >= 15 is 0 Å². The van der Waals surface area contributed by atoms with Gasteiger partial charge >= 0.3 is 11.9 Å². The van der Waals surface area contributed by atoms with E-state index in [-0.39, 0.29) is 38.6 Å². The molecule has 48 heavy (non-hydrogen) atoms. The average Bonchev–Trinajstić information content (AvgIpc) is 3.04. The summed E-state index contributed by atoms with van der Waals surface area (Å²) in [6.07, 6.45) is -0.0430. The van der Waals surface area contributed by atoms with Crippen molar-refractivity contribution in [2.45, 2.75) is 89.7 Å². The lowest BCUT2D eigenvalue weighted by Crippen LogP contribution is -2.59. The molecule has 0 heterocycles. The first-order valence-electron chi connectivity index (χ1n) is 15.7. The van der Waals surface area contributed by atoms with E-state index < -0.39 is 78.1 Å². The van der Waals surface area contributed by atoms with Crippen molar-refractivity contribution in [3.05, 3.63) is 71.8 Å². The highest BCUT2D eigenvalue weighted by atomic mass is 16.5. The maximum Gasteiger partial charge on any atom is 0.323 e. The van der Waals surface area contributed by atoms with Crippen molar-refractivity contribution in [2.24, 2.45) is 11.7 Å². The summed E-state index contributed by atoms with van der Waals surface area (Å²) in [7, 11) is 0. The van der Waals surface area contributed by atoms with Crippen LogP contribution in [0.5, 0.6) is 0 Å². The zero-order chi connectivity index (χ0) is 35.6. The van der Waals surface area contributed by atoms with Gasteiger partial charge in [-0.2, -0.15) is 0 Å². The van der Waals surface area contributed by atoms with Gasteiger partial charge in [0.25, 0.3) is 0 Å². The van der Waals surface area contributed by atoms with Crippen molar-refractivity contribution in [3.8, 4) is 0 Å². The summed E-state index contributed by atoms with van der Waals surface area (Å²) in [6, 6.07) is 12.2. The summed E-state index contributed by atoms with van der Waals surface area (Å²) in [5.74, 6) is -5.07. The number of carbonyl (C=O) groups is 7. The van der Waals surface area contributed by atoms with Crippen LogP contribution in [0.1, 0.15) is 57.6 Å². The molecule has 0 aliphatic rings. The molecule has 14 heteroatoms. The predicted molar refractivity (Wildman–Crippen MR) is 175 cm³/mol. The number of aliphatic carboxylic acids is 1. The Labute approximate surface area is 279 Å². The minimum absolute atomic E-state index is 0.0293. The Morgan fingerprint density at radius 1 is 0.792 bits per heavy atom. The molecule has 0 fully saturated rings. The zero-order valence-corrected chi connectivity index (χ0v) is 27.3. The minimum Gasteiger partial charge on any atom is -0.481 e. The van der Waals surface area contributed by atoms with Crippen molar-refractivity contribution in [3.63, 3.8) is 0 Å². The van der Waals surface area contributed by atoms with E-state index in [4.69, 9.17) is 15.6 Å². The maximum atomic E-state index is 13.5. The number of carboxylic acids is 1. The molecule has 0 aliphatic heterocycles. The Hall–Kier alpha value is -5.11. The van der Waals surface area contributed by atoms with Crippen LogP contribution in [-0.2, 0) is 51.3 Å². The number of nitrogens with two attached hydrogens (primary N) is 1. The highest BCUT2D eigenvalue weighted by Gasteiger charge is 2.32. The summed E-state index contributed by atoms with van der Waals surface area (Å²) in [5, 5.41) is 19.3. The third kappa shape index (κ3) is 14.1. The topological polar surface area (TPSA) is 223 Å². The Balaban J connectivity index is 2.14. The van der Waals surface area contributed by atoms with Gasteiger partial charge in [0.2, 0.25) is 23.6 Å². The molecule has 7 N–H and O–H groups in total. The van der Waals surface area contributed by atoms with Crippen molar-refractivity contribution >= 4 is 41.9 Å². The number of esters is 1. The van der Waals surface area contributed by atoms with Gasteiger partial charge in [-0.1, -0.05) is 74.5 Å².